The van der Waals surface area contributed by atoms with Gasteiger partial charge in [0.2, 0.25) is 6.10 Å². The molecule has 0 saturated carbocycles. The van der Waals surface area contributed by atoms with Crippen LogP contribution in [0.1, 0.15) is 5.56 Å². The summed E-state index contributed by atoms with van der Waals surface area (Å²) < 4.78 is 5.42. The Morgan fingerprint density at radius 1 is 0.944 bits per heavy atom. The standard InChI is InChI=1S/C15H13O3/c16-15(17)14(11-12-7-3-1-4-8-12)18-13-9-5-2-6-10-13/h1-10,14H,11H2. The first-order valence-electron chi connectivity index (χ1n) is 5.72. The summed E-state index contributed by atoms with van der Waals surface area (Å²) in [5.74, 6) is -0.676. The Hall–Kier alpha value is -2.29. The van der Waals surface area contributed by atoms with E-state index in [-0.39, 0.29) is 6.42 Å². The summed E-state index contributed by atoms with van der Waals surface area (Å²) in [4.78, 5) is 11.1. The van der Waals surface area contributed by atoms with E-state index in [0.717, 1.165) is 5.56 Å². The van der Waals surface area contributed by atoms with Crippen molar-refractivity contribution in [3.05, 3.63) is 66.2 Å². The molecular formula is C15H13O3. The minimum atomic E-state index is -1.21. The van der Waals surface area contributed by atoms with Gasteiger partial charge in [0, 0.05) is 6.42 Å². The van der Waals surface area contributed by atoms with E-state index in [9.17, 15) is 9.90 Å². The van der Waals surface area contributed by atoms with Crippen LogP contribution in [0.15, 0.2) is 60.7 Å². The van der Waals surface area contributed by atoms with E-state index in [2.05, 4.69) is 0 Å². The SMILES string of the molecule is [O]C(=O)C(Cc1ccccc1)Oc1ccccc1. The van der Waals surface area contributed by atoms with Crippen LogP contribution in [-0.2, 0) is 16.3 Å². The van der Waals surface area contributed by atoms with Crippen molar-refractivity contribution < 1.29 is 14.6 Å². The van der Waals surface area contributed by atoms with Crippen molar-refractivity contribution in [2.45, 2.75) is 12.5 Å². The molecule has 18 heavy (non-hydrogen) atoms. The second-order valence-electron chi connectivity index (χ2n) is 3.93. The number of benzene rings is 2. The Balaban J connectivity index is 2.08. The lowest BCUT2D eigenvalue weighted by Crippen LogP contribution is -2.28. The molecule has 0 aliphatic heterocycles. The predicted molar refractivity (Wildman–Crippen MR) is 66.7 cm³/mol. The lowest BCUT2D eigenvalue weighted by atomic mass is 10.1. The number of carbonyl (C=O) groups is 1. The number of ether oxygens (including phenoxy) is 1. The smallest absolute Gasteiger partial charge is 0.395 e. The molecule has 2 aromatic carbocycles. The second kappa shape index (κ2) is 5.87. The van der Waals surface area contributed by atoms with E-state index in [1.54, 1.807) is 24.3 Å². The quantitative estimate of drug-likeness (QED) is 0.807. The van der Waals surface area contributed by atoms with Crippen molar-refractivity contribution in [1.29, 1.82) is 0 Å². The Morgan fingerprint density at radius 3 is 2.06 bits per heavy atom. The van der Waals surface area contributed by atoms with Crippen molar-refractivity contribution in [1.82, 2.24) is 0 Å². The molecule has 0 bridgehead atoms. The van der Waals surface area contributed by atoms with E-state index < -0.39 is 12.1 Å². The molecule has 2 aromatic rings. The average Bonchev–Trinajstić information content (AvgIpc) is 2.40. The van der Waals surface area contributed by atoms with Gasteiger partial charge in [-0.05, 0) is 17.7 Å². The highest BCUT2D eigenvalue weighted by Gasteiger charge is 2.21. The van der Waals surface area contributed by atoms with Gasteiger partial charge in [0.1, 0.15) is 5.75 Å². The van der Waals surface area contributed by atoms with E-state index in [1.165, 1.54) is 0 Å². The number of hydrogen-bond donors (Lipinski definition) is 0. The third-order valence-electron chi connectivity index (χ3n) is 2.55. The van der Waals surface area contributed by atoms with Gasteiger partial charge < -0.3 is 4.74 Å². The molecule has 0 heterocycles. The van der Waals surface area contributed by atoms with Crippen LogP contribution in [0.25, 0.3) is 0 Å². The van der Waals surface area contributed by atoms with Gasteiger partial charge in [0.15, 0.2) is 0 Å². The molecule has 1 radical (unpaired) electrons. The van der Waals surface area contributed by atoms with Gasteiger partial charge in [-0.3, -0.25) is 0 Å². The maximum absolute atomic E-state index is 11.1. The van der Waals surface area contributed by atoms with Gasteiger partial charge in [-0.25, -0.2) is 9.90 Å². The maximum Gasteiger partial charge on any atom is 0.395 e. The molecule has 0 aliphatic carbocycles. The number of hydrogen-bond acceptors (Lipinski definition) is 2. The number of carbonyl (C=O) groups excluding carboxylic acids is 1. The first-order chi connectivity index (χ1) is 8.75. The zero-order valence-electron chi connectivity index (χ0n) is 9.78. The Labute approximate surface area is 106 Å². The third-order valence-corrected chi connectivity index (χ3v) is 2.55. The molecule has 1 unspecified atom stereocenters. The van der Waals surface area contributed by atoms with Crippen LogP contribution < -0.4 is 4.74 Å². The molecule has 0 amide bonds. The first-order valence-corrected chi connectivity index (χ1v) is 5.72. The molecule has 1 atom stereocenters. The summed E-state index contributed by atoms with van der Waals surface area (Å²) in [7, 11) is 0. The monoisotopic (exact) mass is 241 g/mol. The van der Waals surface area contributed by atoms with Crippen LogP contribution in [0, 0.1) is 0 Å². The normalized spacial score (nSPS) is 11.8. The summed E-state index contributed by atoms with van der Waals surface area (Å²) in [5.41, 5.74) is 0.905. The lowest BCUT2D eigenvalue weighted by molar-refractivity contribution is -0.151. The molecule has 3 heteroatoms. The largest absolute Gasteiger partial charge is 0.478 e. The number of para-hydroxylation sites is 1. The van der Waals surface area contributed by atoms with Crippen LogP contribution >= 0.6 is 0 Å². The van der Waals surface area contributed by atoms with E-state index >= 15 is 0 Å². The van der Waals surface area contributed by atoms with Crippen molar-refractivity contribution in [3.63, 3.8) is 0 Å². The summed E-state index contributed by atoms with van der Waals surface area (Å²) in [5, 5.41) is 11.1. The first kappa shape index (κ1) is 12.2. The zero-order valence-corrected chi connectivity index (χ0v) is 9.78. The van der Waals surface area contributed by atoms with Gasteiger partial charge in [0.25, 0.3) is 0 Å². The molecule has 2 rings (SSSR count). The van der Waals surface area contributed by atoms with Gasteiger partial charge in [-0.1, -0.05) is 48.5 Å². The van der Waals surface area contributed by atoms with Crippen molar-refractivity contribution >= 4 is 5.97 Å². The minimum Gasteiger partial charge on any atom is -0.478 e. The molecule has 91 valence electrons. The van der Waals surface area contributed by atoms with Crippen molar-refractivity contribution in [2.75, 3.05) is 0 Å². The van der Waals surface area contributed by atoms with Crippen LogP contribution in [-0.4, -0.2) is 12.1 Å². The van der Waals surface area contributed by atoms with Crippen molar-refractivity contribution in [3.8, 4) is 5.75 Å². The van der Waals surface area contributed by atoms with E-state index in [4.69, 9.17) is 4.74 Å². The van der Waals surface area contributed by atoms with Gasteiger partial charge >= 0.3 is 5.97 Å². The number of rotatable bonds is 5. The van der Waals surface area contributed by atoms with Crippen molar-refractivity contribution in [2.24, 2.45) is 0 Å². The van der Waals surface area contributed by atoms with E-state index in [1.807, 2.05) is 36.4 Å². The van der Waals surface area contributed by atoms with Gasteiger partial charge in [-0.15, -0.1) is 0 Å². The Bertz CT molecular complexity index is 452. The van der Waals surface area contributed by atoms with Crippen LogP contribution in [0.5, 0.6) is 5.75 Å². The highest BCUT2D eigenvalue weighted by atomic mass is 16.5. The lowest BCUT2D eigenvalue weighted by Gasteiger charge is -2.13. The molecule has 3 nitrogen and oxygen atoms in total. The molecule has 0 saturated heterocycles. The molecule has 0 aromatic heterocycles. The summed E-state index contributed by atoms with van der Waals surface area (Å²) in [6.07, 6.45) is -0.687. The third kappa shape index (κ3) is 3.35. The summed E-state index contributed by atoms with van der Waals surface area (Å²) in [6, 6.07) is 18.2. The highest BCUT2D eigenvalue weighted by Crippen LogP contribution is 2.14. The molecule has 0 spiro atoms. The van der Waals surface area contributed by atoms with Gasteiger partial charge in [-0.2, -0.15) is 0 Å². The Morgan fingerprint density at radius 2 is 1.50 bits per heavy atom. The molecule has 0 fully saturated rings. The maximum atomic E-state index is 11.1. The summed E-state index contributed by atoms with van der Waals surface area (Å²) in [6.45, 7) is 0. The highest BCUT2D eigenvalue weighted by molar-refractivity contribution is 5.72. The fraction of sp³-hybridized carbons (Fsp3) is 0.133. The van der Waals surface area contributed by atoms with Crippen LogP contribution in [0.2, 0.25) is 0 Å². The fourth-order valence-electron chi connectivity index (χ4n) is 1.66. The predicted octanol–water partition coefficient (Wildman–Crippen LogP) is 2.63. The molecular weight excluding hydrogens is 228 g/mol. The van der Waals surface area contributed by atoms with Crippen LogP contribution in [0.3, 0.4) is 0 Å². The second-order valence-corrected chi connectivity index (χ2v) is 3.93. The average molecular weight is 241 g/mol. The molecule has 0 aliphatic rings. The van der Waals surface area contributed by atoms with Crippen LogP contribution in [0.4, 0.5) is 0 Å². The Kier molecular flexibility index (Phi) is 3.97. The minimum absolute atomic E-state index is 0.290. The van der Waals surface area contributed by atoms with E-state index in [0.29, 0.717) is 5.75 Å². The zero-order chi connectivity index (χ0) is 12.8. The fourth-order valence-corrected chi connectivity index (χ4v) is 1.66. The van der Waals surface area contributed by atoms with Gasteiger partial charge in [0.05, 0.1) is 0 Å². The molecule has 0 N–H and O–H groups in total. The summed E-state index contributed by atoms with van der Waals surface area (Å²) >= 11 is 0. The topological polar surface area (TPSA) is 46.2 Å².